The maximum Gasteiger partial charge on any atom is 0.340 e. The van der Waals surface area contributed by atoms with Crippen molar-refractivity contribution in [2.45, 2.75) is 51.4 Å². The number of nitrogen functional groups attached to an aromatic ring is 1. The fourth-order valence-electron chi connectivity index (χ4n) is 2.65. The second-order valence-electron chi connectivity index (χ2n) is 6.43. The molecule has 4 nitrogen and oxygen atoms in total. The van der Waals surface area contributed by atoms with Gasteiger partial charge in [0.15, 0.2) is 0 Å². The van der Waals surface area contributed by atoms with E-state index in [1.54, 1.807) is 0 Å². The first-order valence-electron chi connectivity index (χ1n) is 6.67. The highest BCUT2D eigenvalue weighted by molar-refractivity contribution is 6.44. The SMILES string of the molecule is CC1(C)CC(OC(=O)c2cc(N)cc(Cl)c2Cl)C(C)(C)O1. The number of rotatable bonds is 2. The van der Waals surface area contributed by atoms with E-state index in [1.165, 1.54) is 12.1 Å². The minimum absolute atomic E-state index is 0.145. The van der Waals surface area contributed by atoms with Crippen molar-refractivity contribution in [3.8, 4) is 0 Å². The first-order valence-corrected chi connectivity index (χ1v) is 7.43. The summed E-state index contributed by atoms with van der Waals surface area (Å²) < 4.78 is 11.5. The van der Waals surface area contributed by atoms with Gasteiger partial charge in [0.25, 0.3) is 0 Å². The fourth-order valence-corrected chi connectivity index (χ4v) is 3.06. The van der Waals surface area contributed by atoms with E-state index in [2.05, 4.69) is 0 Å². The van der Waals surface area contributed by atoms with E-state index in [4.69, 9.17) is 38.4 Å². The number of carbonyl (C=O) groups excluding carboxylic acids is 1. The van der Waals surface area contributed by atoms with Crippen LogP contribution in [0.2, 0.25) is 10.0 Å². The number of hydrogen-bond donors (Lipinski definition) is 1. The third kappa shape index (κ3) is 3.44. The van der Waals surface area contributed by atoms with E-state index in [1.807, 2.05) is 27.7 Å². The first-order chi connectivity index (χ1) is 9.52. The Bertz CT molecular complexity index is 585. The van der Waals surface area contributed by atoms with Gasteiger partial charge in [-0.3, -0.25) is 0 Å². The molecule has 1 aliphatic heterocycles. The molecular formula is C15H19Cl2NO3. The Morgan fingerprint density at radius 3 is 2.48 bits per heavy atom. The number of nitrogens with two attached hydrogens (primary N) is 1. The van der Waals surface area contributed by atoms with Crippen molar-refractivity contribution in [3.63, 3.8) is 0 Å². The first kappa shape index (κ1) is 16.4. The van der Waals surface area contributed by atoms with Crippen LogP contribution in [-0.2, 0) is 9.47 Å². The van der Waals surface area contributed by atoms with Crippen molar-refractivity contribution >= 4 is 34.9 Å². The van der Waals surface area contributed by atoms with Crippen molar-refractivity contribution in [1.82, 2.24) is 0 Å². The number of ether oxygens (including phenoxy) is 2. The summed E-state index contributed by atoms with van der Waals surface area (Å²) in [6, 6.07) is 2.96. The third-order valence-corrected chi connectivity index (χ3v) is 4.31. The van der Waals surface area contributed by atoms with Gasteiger partial charge in [-0.2, -0.15) is 0 Å². The Morgan fingerprint density at radius 1 is 1.33 bits per heavy atom. The molecule has 2 rings (SSSR count). The summed E-state index contributed by atoms with van der Waals surface area (Å²) >= 11 is 12.0. The van der Waals surface area contributed by atoms with Gasteiger partial charge in [-0.1, -0.05) is 23.2 Å². The quantitative estimate of drug-likeness (QED) is 0.655. The molecule has 0 amide bonds. The van der Waals surface area contributed by atoms with E-state index in [-0.39, 0.29) is 27.3 Å². The van der Waals surface area contributed by atoms with E-state index < -0.39 is 11.6 Å². The zero-order chi connectivity index (χ0) is 16.0. The Balaban J connectivity index is 2.23. The highest BCUT2D eigenvalue weighted by Gasteiger charge is 2.48. The molecule has 0 radical (unpaired) electrons. The van der Waals surface area contributed by atoms with Gasteiger partial charge in [-0.15, -0.1) is 0 Å². The Kier molecular flexibility index (Phi) is 4.17. The lowest BCUT2D eigenvalue weighted by Crippen LogP contribution is -2.36. The number of anilines is 1. The molecule has 6 heteroatoms. The third-order valence-electron chi connectivity index (χ3n) is 3.51. The average Bonchev–Trinajstić information content (AvgIpc) is 2.51. The topological polar surface area (TPSA) is 61.5 Å². The highest BCUT2D eigenvalue weighted by atomic mass is 35.5. The molecule has 0 saturated carbocycles. The predicted octanol–water partition coefficient (Wildman–Crippen LogP) is 4.08. The molecule has 21 heavy (non-hydrogen) atoms. The second-order valence-corrected chi connectivity index (χ2v) is 7.21. The van der Waals surface area contributed by atoms with Crippen molar-refractivity contribution in [2.24, 2.45) is 0 Å². The van der Waals surface area contributed by atoms with Gasteiger partial charge < -0.3 is 15.2 Å². The smallest absolute Gasteiger partial charge is 0.340 e. The Labute approximate surface area is 134 Å². The van der Waals surface area contributed by atoms with Gasteiger partial charge in [-0.25, -0.2) is 4.79 Å². The molecule has 0 spiro atoms. The molecule has 1 aromatic carbocycles. The fraction of sp³-hybridized carbons (Fsp3) is 0.533. The summed E-state index contributed by atoms with van der Waals surface area (Å²) in [5.74, 6) is -0.548. The van der Waals surface area contributed by atoms with Crippen LogP contribution in [-0.4, -0.2) is 23.3 Å². The van der Waals surface area contributed by atoms with E-state index in [9.17, 15) is 4.79 Å². The maximum absolute atomic E-state index is 12.3. The van der Waals surface area contributed by atoms with Crippen LogP contribution in [0.25, 0.3) is 0 Å². The lowest BCUT2D eigenvalue weighted by atomic mass is 9.97. The predicted molar refractivity (Wildman–Crippen MR) is 83.9 cm³/mol. The van der Waals surface area contributed by atoms with Crippen LogP contribution in [0.5, 0.6) is 0 Å². The van der Waals surface area contributed by atoms with Crippen LogP contribution in [0.1, 0.15) is 44.5 Å². The summed E-state index contributed by atoms with van der Waals surface area (Å²) in [5.41, 5.74) is 5.32. The summed E-state index contributed by atoms with van der Waals surface area (Å²) in [6.45, 7) is 7.72. The molecule has 0 aliphatic carbocycles. The minimum Gasteiger partial charge on any atom is -0.456 e. The Morgan fingerprint density at radius 2 is 1.95 bits per heavy atom. The summed E-state index contributed by atoms with van der Waals surface area (Å²) in [5, 5.41) is 0.373. The summed E-state index contributed by atoms with van der Waals surface area (Å²) in [4.78, 5) is 12.3. The molecule has 116 valence electrons. The number of benzene rings is 1. The van der Waals surface area contributed by atoms with Crippen molar-refractivity contribution in [1.29, 1.82) is 0 Å². The molecule has 1 fully saturated rings. The molecule has 0 aromatic heterocycles. The van der Waals surface area contributed by atoms with Crippen molar-refractivity contribution in [2.75, 3.05) is 5.73 Å². The van der Waals surface area contributed by atoms with E-state index >= 15 is 0 Å². The molecule has 1 aliphatic rings. The molecule has 1 saturated heterocycles. The van der Waals surface area contributed by atoms with Gasteiger partial charge in [0, 0.05) is 12.1 Å². The van der Waals surface area contributed by atoms with Crippen molar-refractivity contribution in [3.05, 3.63) is 27.7 Å². The van der Waals surface area contributed by atoms with Gasteiger partial charge in [0.2, 0.25) is 0 Å². The Hall–Kier alpha value is -0.970. The van der Waals surface area contributed by atoms with Crippen LogP contribution in [0.4, 0.5) is 5.69 Å². The zero-order valence-corrected chi connectivity index (χ0v) is 14.0. The minimum atomic E-state index is -0.560. The molecule has 1 atom stereocenters. The van der Waals surface area contributed by atoms with Crippen LogP contribution in [0, 0.1) is 0 Å². The van der Waals surface area contributed by atoms with Gasteiger partial charge in [-0.05, 0) is 39.8 Å². The summed E-state index contributed by atoms with van der Waals surface area (Å²) in [6.07, 6.45) is 0.246. The highest BCUT2D eigenvalue weighted by Crippen LogP contribution is 2.40. The van der Waals surface area contributed by atoms with Crippen LogP contribution < -0.4 is 5.73 Å². The van der Waals surface area contributed by atoms with Crippen LogP contribution in [0.3, 0.4) is 0 Å². The number of esters is 1. The molecule has 1 aromatic rings. The summed E-state index contributed by atoms with van der Waals surface area (Å²) in [7, 11) is 0. The van der Waals surface area contributed by atoms with Gasteiger partial charge in [0.05, 0.1) is 21.2 Å². The lowest BCUT2D eigenvalue weighted by molar-refractivity contribution is -0.0924. The largest absolute Gasteiger partial charge is 0.456 e. The zero-order valence-electron chi connectivity index (χ0n) is 12.5. The molecule has 1 heterocycles. The van der Waals surface area contributed by atoms with Crippen LogP contribution in [0.15, 0.2) is 12.1 Å². The molecule has 2 N–H and O–H groups in total. The van der Waals surface area contributed by atoms with Gasteiger partial charge in [0.1, 0.15) is 11.7 Å². The lowest BCUT2D eigenvalue weighted by Gasteiger charge is -2.26. The second kappa shape index (κ2) is 5.34. The average molecular weight is 332 g/mol. The number of hydrogen-bond acceptors (Lipinski definition) is 4. The van der Waals surface area contributed by atoms with E-state index in [0.717, 1.165) is 0 Å². The normalized spacial score (nSPS) is 23.0. The van der Waals surface area contributed by atoms with Crippen molar-refractivity contribution < 1.29 is 14.3 Å². The standard InChI is InChI=1S/C15H19Cl2NO3/c1-14(2)7-11(15(3,4)21-14)20-13(19)9-5-8(18)6-10(16)12(9)17/h5-6,11H,7,18H2,1-4H3. The number of carbonyl (C=O) groups is 1. The van der Waals surface area contributed by atoms with Crippen LogP contribution >= 0.6 is 23.2 Å². The molecule has 1 unspecified atom stereocenters. The van der Waals surface area contributed by atoms with E-state index in [0.29, 0.717) is 12.1 Å². The molecular weight excluding hydrogens is 313 g/mol. The number of halogens is 2. The molecule has 0 bridgehead atoms. The monoisotopic (exact) mass is 331 g/mol. The van der Waals surface area contributed by atoms with Gasteiger partial charge >= 0.3 is 5.97 Å². The maximum atomic E-state index is 12.3.